The summed E-state index contributed by atoms with van der Waals surface area (Å²) >= 11 is 0. The van der Waals surface area contributed by atoms with Crippen LogP contribution in [0, 0.1) is 28.1 Å². The van der Waals surface area contributed by atoms with Crippen molar-refractivity contribution in [3.05, 3.63) is 37.1 Å². The summed E-state index contributed by atoms with van der Waals surface area (Å²) in [5, 5.41) is 11.2. The maximum absolute atomic E-state index is 14.9. The molecule has 0 bridgehead atoms. The number of urea groups is 1. The number of likely N-dealkylation sites (tertiary alicyclic amines) is 1. The van der Waals surface area contributed by atoms with Crippen molar-refractivity contribution >= 4 is 39.6 Å². The predicted octanol–water partition coefficient (Wildman–Crippen LogP) is 3.39. The molecule has 3 aliphatic rings. The molecule has 4 N–H and O–H groups in total. The third-order valence-electron chi connectivity index (χ3n) is 11.9. The summed E-state index contributed by atoms with van der Waals surface area (Å²) in [5.74, 6) is -2.55. The number of hydrogen-bond donors (Lipinski definition) is 4. The quantitative estimate of drug-likeness (QED) is 0.146. The molecule has 6 atom stereocenters. The zero-order valence-electron chi connectivity index (χ0n) is 33.2. The number of aromatic nitrogens is 1. The summed E-state index contributed by atoms with van der Waals surface area (Å²) in [6, 6.07) is 0.421. The number of sulfonamides is 1. The molecule has 0 spiro atoms. The van der Waals surface area contributed by atoms with E-state index in [-0.39, 0.29) is 47.7 Å². The Morgan fingerprint density at radius 1 is 1.06 bits per heavy atom. The zero-order chi connectivity index (χ0) is 40.2. The topological polar surface area (TPSA) is 187 Å². The highest BCUT2D eigenvalue weighted by molar-refractivity contribution is 7.89. The Kier molecular flexibility index (Phi) is 13.4. The summed E-state index contributed by atoms with van der Waals surface area (Å²) in [7, 11) is -2.51. The molecule has 1 aliphatic heterocycles. The minimum absolute atomic E-state index is 0.0453. The minimum Gasteiger partial charge on any atom is -0.346 e. The second-order valence-electron chi connectivity index (χ2n) is 17.2. The molecule has 15 heteroatoms. The molecule has 0 radical (unpaired) electrons. The van der Waals surface area contributed by atoms with E-state index in [4.69, 9.17) is 0 Å². The first-order valence-corrected chi connectivity index (χ1v) is 20.6. The van der Waals surface area contributed by atoms with E-state index in [0.717, 1.165) is 23.6 Å². The molecule has 1 saturated heterocycles. The molecule has 1 unspecified atom stereocenters. The average Bonchev–Trinajstić information content (AvgIpc) is 3.42. The van der Waals surface area contributed by atoms with Crippen LogP contribution in [0.5, 0.6) is 0 Å². The lowest BCUT2D eigenvalue weighted by molar-refractivity contribution is -0.146. The van der Waals surface area contributed by atoms with Crippen LogP contribution in [-0.2, 0) is 29.2 Å². The monoisotopic (exact) mass is 771 g/mol. The van der Waals surface area contributed by atoms with Crippen LogP contribution in [0.3, 0.4) is 0 Å². The van der Waals surface area contributed by atoms with Crippen LogP contribution in [0.4, 0.5) is 4.79 Å². The van der Waals surface area contributed by atoms with Crippen molar-refractivity contribution in [1.82, 2.24) is 35.5 Å². The number of carbonyl (C=O) groups excluding carboxylic acids is 5. The van der Waals surface area contributed by atoms with Crippen molar-refractivity contribution in [2.75, 3.05) is 26.7 Å². The van der Waals surface area contributed by atoms with Gasteiger partial charge >= 0.3 is 6.03 Å². The molecule has 54 heavy (non-hydrogen) atoms. The Labute approximate surface area is 321 Å². The maximum atomic E-state index is 14.9. The van der Waals surface area contributed by atoms with Crippen molar-refractivity contribution in [3.8, 4) is 0 Å². The third kappa shape index (κ3) is 9.32. The fourth-order valence-electron chi connectivity index (χ4n) is 8.27. The average molecular weight is 772 g/mol. The summed E-state index contributed by atoms with van der Waals surface area (Å²) in [4.78, 5) is 74.3. The molecule has 3 fully saturated rings. The Hall–Kier alpha value is -3.85. The van der Waals surface area contributed by atoms with Gasteiger partial charge in [-0.2, -0.15) is 4.31 Å². The van der Waals surface area contributed by atoms with Crippen molar-refractivity contribution in [1.29, 1.82) is 0 Å². The number of pyridine rings is 1. The standard InChI is InChI=1S/C39H61N7O7S/c1-10-17-26(31(47)34(49)41-21-11-2)42-33(48)30-29-25(38(29,6)7)23-46(30)35(50)32(39(8)19-14-12-15-20-39)44-36(51)43-27(37(3,4)5)24-45(9)54(52,53)28-18-13-16-22-40-28/h11,13,16,18,22,25-27,29-30,32H,2,10,12,14-15,17,19-21,23-24H2,1,3-9H3,(H,41,49)(H,42,48)(H2,43,44,51)/t25-,26?,27+,29-,30-,32+/m0/s1. The largest absolute Gasteiger partial charge is 0.346 e. The van der Waals surface area contributed by atoms with Crippen LogP contribution >= 0.6 is 0 Å². The van der Waals surface area contributed by atoms with Crippen LogP contribution < -0.4 is 21.3 Å². The Bertz CT molecular complexity index is 1670. The van der Waals surface area contributed by atoms with Gasteiger partial charge in [-0.15, -0.1) is 6.58 Å². The van der Waals surface area contributed by atoms with Gasteiger partial charge in [0.1, 0.15) is 12.1 Å². The first-order chi connectivity index (χ1) is 25.2. The Morgan fingerprint density at radius 2 is 1.72 bits per heavy atom. The van der Waals surface area contributed by atoms with Gasteiger partial charge < -0.3 is 26.2 Å². The van der Waals surface area contributed by atoms with Crippen LogP contribution in [0.15, 0.2) is 42.1 Å². The van der Waals surface area contributed by atoms with Crippen LogP contribution in [0.1, 0.15) is 93.4 Å². The molecule has 4 rings (SSSR count). The molecule has 14 nitrogen and oxygen atoms in total. The van der Waals surface area contributed by atoms with Gasteiger partial charge in [-0.05, 0) is 59.5 Å². The van der Waals surface area contributed by atoms with Crippen LogP contribution in [0.2, 0.25) is 0 Å². The number of nitrogens with zero attached hydrogens (tertiary/aromatic N) is 3. The zero-order valence-corrected chi connectivity index (χ0v) is 34.1. The number of hydrogen-bond acceptors (Lipinski definition) is 8. The number of Topliss-reactive ketones (excluding diaryl/α,β-unsaturated/α-hetero) is 1. The molecule has 2 aliphatic carbocycles. The van der Waals surface area contributed by atoms with Crippen LogP contribution in [0.25, 0.3) is 0 Å². The highest BCUT2D eigenvalue weighted by atomic mass is 32.2. The van der Waals surface area contributed by atoms with Gasteiger partial charge in [0.25, 0.3) is 15.9 Å². The van der Waals surface area contributed by atoms with E-state index in [9.17, 15) is 32.4 Å². The van der Waals surface area contributed by atoms with Crippen molar-refractivity contribution in [2.24, 2.45) is 28.1 Å². The Balaban J connectivity index is 1.59. The number of likely N-dealkylation sites (N-methyl/N-ethyl adjacent to an activating group) is 1. The SMILES string of the molecule is C=CCNC(=O)C(=O)C(CCC)NC(=O)[C@@H]1[C@@H]2[C@H](CN1C(=O)[C@@H](NC(=O)N[C@H](CN(C)S(=O)(=O)c1ccccn1)C(C)(C)C)C1(C)CCCCC1)C2(C)C. The number of ketones is 1. The first kappa shape index (κ1) is 42.9. The second kappa shape index (κ2) is 16.9. The number of nitrogens with one attached hydrogen (secondary N) is 4. The number of amides is 5. The van der Waals surface area contributed by atoms with Gasteiger partial charge in [-0.25, -0.2) is 18.2 Å². The Morgan fingerprint density at radius 3 is 2.30 bits per heavy atom. The predicted molar refractivity (Wildman–Crippen MR) is 205 cm³/mol. The van der Waals surface area contributed by atoms with Gasteiger partial charge in [-0.3, -0.25) is 19.2 Å². The highest BCUT2D eigenvalue weighted by Gasteiger charge is 2.70. The molecule has 300 valence electrons. The third-order valence-corrected chi connectivity index (χ3v) is 13.7. The molecule has 1 aromatic heterocycles. The summed E-state index contributed by atoms with van der Waals surface area (Å²) < 4.78 is 27.8. The molecule has 2 saturated carbocycles. The molecule has 1 aromatic rings. The normalized spacial score (nSPS) is 23.3. The minimum atomic E-state index is -3.95. The van der Waals surface area contributed by atoms with Gasteiger partial charge in [0.05, 0.1) is 6.04 Å². The van der Waals surface area contributed by atoms with Gasteiger partial charge in [-0.1, -0.05) is 86.3 Å². The fraction of sp³-hybridized carbons (Fsp3) is 0.692. The fourth-order valence-corrected chi connectivity index (χ4v) is 9.38. The lowest BCUT2D eigenvalue weighted by atomic mass is 9.70. The van der Waals surface area contributed by atoms with E-state index in [1.807, 2.05) is 34.6 Å². The molecular weight excluding hydrogens is 711 g/mol. The lowest BCUT2D eigenvalue weighted by Crippen LogP contribution is -2.63. The van der Waals surface area contributed by atoms with Crippen molar-refractivity contribution < 1.29 is 32.4 Å². The number of rotatable bonds is 16. The lowest BCUT2D eigenvalue weighted by Gasteiger charge is -2.43. The summed E-state index contributed by atoms with van der Waals surface area (Å²) in [5.41, 5.74) is -1.42. The smallest absolute Gasteiger partial charge is 0.315 e. The molecule has 0 aromatic carbocycles. The van der Waals surface area contributed by atoms with E-state index >= 15 is 0 Å². The summed E-state index contributed by atoms with van der Waals surface area (Å²) in [6.45, 7) is 17.6. The van der Waals surface area contributed by atoms with Gasteiger partial charge in [0.15, 0.2) is 5.03 Å². The van der Waals surface area contributed by atoms with Crippen molar-refractivity contribution in [3.63, 3.8) is 0 Å². The number of carbonyl (C=O) groups is 5. The van der Waals surface area contributed by atoms with Gasteiger partial charge in [0, 0.05) is 38.9 Å². The number of piperidine rings is 1. The van der Waals surface area contributed by atoms with E-state index in [0.29, 0.717) is 25.8 Å². The van der Waals surface area contributed by atoms with E-state index in [1.54, 1.807) is 17.0 Å². The highest BCUT2D eigenvalue weighted by Crippen LogP contribution is 2.65. The molecular formula is C39H61N7O7S. The van der Waals surface area contributed by atoms with E-state index < -0.39 is 68.6 Å². The maximum Gasteiger partial charge on any atom is 0.315 e. The van der Waals surface area contributed by atoms with E-state index in [1.165, 1.54) is 25.4 Å². The first-order valence-electron chi connectivity index (χ1n) is 19.2. The summed E-state index contributed by atoms with van der Waals surface area (Å²) in [6.07, 6.45) is 7.79. The molecule has 5 amide bonds. The molecule has 2 heterocycles. The second-order valence-corrected chi connectivity index (χ2v) is 19.2. The van der Waals surface area contributed by atoms with E-state index in [2.05, 4.69) is 46.7 Å². The van der Waals surface area contributed by atoms with Crippen molar-refractivity contribution in [2.45, 2.75) is 123 Å². The number of fused-ring (bicyclic) bond motifs is 1. The van der Waals surface area contributed by atoms with Crippen LogP contribution in [-0.4, -0.2) is 103 Å². The van der Waals surface area contributed by atoms with Gasteiger partial charge in [0.2, 0.25) is 17.6 Å².